The van der Waals surface area contributed by atoms with Gasteiger partial charge in [0.15, 0.2) is 0 Å². The topological polar surface area (TPSA) is 86.3 Å². The number of hydrogen-bond donors (Lipinski definition) is 1. The van der Waals surface area contributed by atoms with Crippen LogP contribution in [-0.2, 0) is 10.0 Å². The number of halogens is 1. The second-order valence-corrected chi connectivity index (χ2v) is 6.84. The van der Waals surface area contributed by atoms with E-state index in [4.69, 9.17) is 11.6 Å². The van der Waals surface area contributed by atoms with Crippen LogP contribution >= 0.6 is 11.6 Å². The first-order chi connectivity index (χ1) is 10.2. The number of carbonyl (C=O) groups is 1. The zero-order chi connectivity index (χ0) is 16.5. The molecule has 1 N–H and O–H groups in total. The summed E-state index contributed by atoms with van der Waals surface area (Å²) in [5.74, 6) is -1.43. The van der Waals surface area contributed by atoms with E-state index in [-0.39, 0.29) is 10.5 Å². The lowest BCUT2D eigenvalue weighted by molar-refractivity contribution is -0.255. The Hall–Kier alpha value is -2.05. The molecular weight excluding hydrogens is 326 g/mol. The third-order valence-corrected chi connectivity index (χ3v) is 5.14. The van der Waals surface area contributed by atoms with Gasteiger partial charge in [-0.1, -0.05) is 29.8 Å². The van der Waals surface area contributed by atoms with Crippen LogP contribution in [0.4, 0.5) is 5.69 Å². The summed E-state index contributed by atoms with van der Waals surface area (Å²) < 4.78 is 27.4. The monoisotopic (exact) mass is 338 g/mol. The van der Waals surface area contributed by atoms with E-state index in [1.165, 1.54) is 12.1 Å². The zero-order valence-corrected chi connectivity index (χ0v) is 13.5. The Kier molecular flexibility index (Phi) is 4.44. The van der Waals surface area contributed by atoms with E-state index < -0.39 is 16.0 Å². The van der Waals surface area contributed by atoms with Gasteiger partial charge in [0.1, 0.15) is 0 Å². The van der Waals surface area contributed by atoms with E-state index in [0.29, 0.717) is 21.8 Å². The molecule has 0 heterocycles. The zero-order valence-electron chi connectivity index (χ0n) is 11.9. The van der Waals surface area contributed by atoms with Gasteiger partial charge in [-0.25, -0.2) is 8.42 Å². The Labute approximate surface area is 133 Å². The summed E-state index contributed by atoms with van der Waals surface area (Å²) in [6.07, 6.45) is 0. The van der Waals surface area contributed by atoms with Crippen molar-refractivity contribution >= 4 is 33.3 Å². The Morgan fingerprint density at radius 2 is 1.86 bits per heavy atom. The first-order valence-corrected chi connectivity index (χ1v) is 8.18. The molecule has 0 aliphatic heterocycles. The summed E-state index contributed by atoms with van der Waals surface area (Å²) in [6, 6.07) is 8.65. The maximum atomic E-state index is 12.5. The number of aryl methyl sites for hydroxylation is 1. The van der Waals surface area contributed by atoms with Crippen molar-refractivity contribution in [1.29, 1.82) is 0 Å². The van der Waals surface area contributed by atoms with Gasteiger partial charge >= 0.3 is 0 Å². The number of rotatable bonds is 4. The van der Waals surface area contributed by atoms with Gasteiger partial charge in [-0.3, -0.25) is 4.72 Å². The highest BCUT2D eigenvalue weighted by atomic mass is 35.5. The molecule has 22 heavy (non-hydrogen) atoms. The van der Waals surface area contributed by atoms with Crippen molar-refractivity contribution in [2.24, 2.45) is 0 Å². The van der Waals surface area contributed by atoms with Crippen molar-refractivity contribution in [2.45, 2.75) is 18.7 Å². The predicted molar refractivity (Wildman–Crippen MR) is 82.5 cm³/mol. The lowest BCUT2D eigenvalue weighted by Crippen LogP contribution is -2.23. The van der Waals surface area contributed by atoms with E-state index >= 15 is 0 Å². The number of aromatic carboxylic acids is 1. The van der Waals surface area contributed by atoms with Gasteiger partial charge in [0, 0.05) is 5.02 Å². The second-order valence-electron chi connectivity index (χ2n) is 4.79. The van der Waals surface area contributed by atoms with Gasteiger partial charge in [0.05, 0.1) is 16.6 Å². The van der Waals surface area contributed by atoms with E-state index in [1.807, 2.05) is 0 Å². The van der Waals surface area contributed by atoms with Crippen molar-refractivity contribution < 1.29 is 18.3 Å². The molecular formula is C15H13ClNO4S-. The Morgan fingerprint density at radius 1 is 1.18 bits per heavy atom. The molecule has 0 saturated heterocycles. The van der Waals surface area contributed by atoms with Crippen LogP contribution in [0.15, 0.2) is 41.3 Å². The van der Waals surface area contributed by atoms with Crippen LogP contribution in [0.2, 0.25) is 5.02 Å². The number of benzene rings is 2. The van der Waals surface area contributed by atoms with Crippen LogP contribution < -0.4 is 9.83 Å². The molecule has 0 aliphatic rings. The molecule has 116 valence electrons. The standard InChI is InChI=1S/C15H14ClNO4S/c1-9-6-7-11(15(18)19)8-14(9)22(20,21)17-13-5-3-4-12(16)10(13)2/h3-8,17H,1-2H3,(H,18,19)/p-1. The summed E-state index contributed by atoms with van der Waals surface area (Å²) in [7, 11) is -3.94. The van der Waals surface area contributed by atoms with Crippen molar-refractivity contribution in [3.8, 4) is 0 Å². The van der Waals surface area contributed by atoms with E-state index in [1.54, 1.807) is 32.0 Å². The van der Waals surface area contributed by atoms with Crippen molar-refractivity contribution in [2.75, 3.05) is 4.72 Å². The molecule has 0 aromatic heterocycles. The largest absolute Gasteiger partial charge is 0.545 e. The molecule has 0 fully saturated rings. The lowest BCUT2D eigenvalue weighted by atomic mass is 10.1. The summed E-state index contributed by atoms with van der Waals surface area (Å²) in [5.41, 5.74) is 1.15. The number of nitrogens with one attached hydrogen (secondary N) is 1. The van der Waals surface area contributed by atoms with Crippen molar-refractivity contribution in [3.63, 3.8) is 0 Å². The molecule has 2 aromatic rings. The molecule has 7 heteroatoms. The summed E-state index contributed by atoms with van der Waals surface area (Å²) >= 11 is 5.97. The number of carbonyl (C=O) groups excluding carboxylic acids is 1. The average Bonchev–Trinajstić information content (AvgIpc) is 2.43. The molecule has 5 nitrogen and oxygen atoms in total. The smallest absolute Gasteiger partial charge is 0.262 e. The average molecular weight is 339 g/mol. The first kappa shape index (κ1) is 16.3. The van der Waals surface area contributed by atoms with E-state index in [0.717, 1.165) is 6.07 Å². The highest BCUT2D eigenvalue weighted by Crippen LogP contribution is 2.26. The van der Waals surface area contributed by atoms with E-state index in [2.05, 4.69) is 4.72 Å². The number of sulfonamides is 1. The van der Waals surface area contributed by atoms with Crippen LogP contribution in [0.3, 0.4) is 0 Å². The van der Waals surface area contributed by atoms with Crippen molar-refractivity contribution in [3.05, 3.63) is 58.1 Å². The minimum absolute atomic E-state index is 0.117. The summed E-state index contributed by atoms with van der Waals surface area (Å²) in [4.78, 5) is 10.8. The van der Waals surface area contributed by atoms with Crippen LogP contribution in [0.5, 0.6) is 0 Å². The molecule has 0 atom stereocenters. The van der Waals surface area contributed by atoms with Crippen molar-refractivity contribution in [1.82, 2.24) is 0 Å². The molecule has 0 bridgehead atoms. The van der Waals surface area contributed by atoms with Crippen LogP contribution in [-0.4, -0.2) is 14.4 Å². The third kappa shape index (κ3) is 3.23. The molecule has 0 aliphatic carbocycles. The first-order valence-electron chi connectivity index (χ1n) is 6.32. The molecule has 0 radical (unpaired) electrons. The third-order valence-electron chi connectivity index (χ3n) is 3.23. The van der Waals surface area contributed by atoms with Crippen LogP contribution in [0.25, 0.3) is 0 Å². The molecule has 0 saturated carbocycles. The summed E-state index contributed by atoms with van der Waals surface area (Å²) in [6.45, 7) is 3.27. The Bertz CT molecular complexity index is 847. The molecule has 2 rings (SSSR count). The lowest BCUT2D eigenvalue weighted by Gasteiger charge is -2.14. The fourth-order valence-corrected chi connectivity index (χ4v) is 3.50. The van der Waals surface area contributed by atoms with Gasteiger partial charge in [-0.15, -0.1) is 0 Å². The fourth-order valence-electron chi connectivity index (χ4n) is 1.93. The van der Waals surface area contributed by atoms with Gasteiger partial charge in [0.2, 0.25) is 0 Å². The number of hydrogen-bond acceptors (Lipinski definition) is 4. The van der Waals surface area contributed by atoms with Gasteiger partial charge in [0.25, 0.3) is 10.0 Å². The molecule has 0 spiro atoms. The maximum absolute atomic E-state index is 12.5. The van der Waals surface area contributed by atoms with Gasteiger partial charge in [-0.05, 0) is 48.7 Å². The number of carboxylic acid groups (broad SMARTS) is 1. The maximum Gasteiger partial charge on any atom is 0.262 e. The predicted octanol–water partition coefficient (Wildman–Crippen LogP) is 2.12. The Morgan fingerprint density at radius 3 is 2.50 bits per heavy atom. The number of carboxylic acids is 1. The second kappa shape index (κ2) is 5.98. The molecule has 0 unspecified atom stereocenters. The van der Waals surface area contributed by atoms with E-state index in [9.17, 15) is 18.3 Å². The quantitative estimate of drug-likeness (QED) is 0.925. The highest BCUT2D eigenvalue weighted by molar-refractivity contribution is 7.92. The molecule has 2 aromatic carbocycles. The summed E-state index contributed by atoms with van der Waals surface area (Å²) in [5, 5.41) is 11.3. The van der Waals surface area contributed by atoms with Gasteiger partial charge < -0.3 is 9.90 Å². The minimum atomic E-state index is -3.94. The van der Waals surface area contributed by atoms with Gasteiger partial charge in [-0.2, -0.15) is 0 Å². The normalized spacial score (nSPS) is 11.2. The van der Waals surface area contributed by atoms with Crippen LogP contribution in [0, 0.1) is 13.8 Å². The number of anilines is 1. The van der Waals surface area contributed by atoms with Crippen LogP contribution in [0.1, 0.15) is 21.5 Å². The SMILES string of the molecule is Cc1ccc(C(=O)[O-])cc1S(=O)(=O)Nc1cccc(Cl)c1C. The Balaban J connectivity index is 2.49. The highest BCUT2D eigenvalue weighted by Gasteiger charge is 2.19. The minimum Gasteiger partial charge on any atom is -0.545 e. The molecule has 0 amide bonds. The fraction of sp³-hybridized carbons (Fsp3) is 0.133.